The molecule has 0 atom stereocenters. The molecule has 0 heterocycles. The van der Waals surface area contributed by atoms with Crippen molar-refractivity contribution in [1.82, 2.24) is 4.90 Å². The van der Waals surface area contributed by atoms with E-state index < -0.39 is 0 Å². The van der Waals surface area contributed by atoms with Gasteiger partial charge in [-0.05, 0) is 11.6 Å². The van der Waals surface area contributed by atoms with Crippen molar-refractivity contribution in [3.63, 3.8) is 0 Å². The summed E-state index contributed by atoms with van der Waals surface area (Å²) >= 11 is 6.31. The summed E-state index contributed by atoms with van der Waals surface area (Å²) in [5.41, 5.74) is 1.10. The van der Waals surface area contributed by atoms with E-state index >= 15 is 0 Å². The van der Waals surface area contributed by atoms with Gasteiger partial charge in [0.05, 0.1) is 0 Å². The Morgan fingerprint density at radius 1 is 1.46 bits per heavy atom. The van der Waals surface area contributed by atoms with Crippen LogP contribution >= 0.6 is 31.9 Å². The molecular weight excluding hydrogens is 298 g/mol. The van der Waals surface area contributed by atoms with Gasteiger partial charge in [0, 0.05) is 34.0 Å². The maximum atomic E-state index is 10.9. The van der Waals surface area contributed by atoms with Crippen molar-refractivity contribution < 1.29 is 4.79 Å². The quantitative estimate of drug-likeness (QED) is 0.606. The largest absolute Gasteiger partial charge is 0.332 e. The van der Waals surface area contributed by atoms with Crippen LogP contribution in [0.25, 0.3) is 0 Å². The van der Waals surface area contributed by atoms with Gasteiger partial charge in [0.25, 0.3) is 4.82 Å². The van der Waals surface area contributed by atoms with E-state index in [1.807, 2.05) is 24.3 Å². The van der Waals surface area contributed by atoms with Crippen molar-refractivity contribution in [2.75, 3.05) is 7.05 Å². The van der Waals surface area contributed by atoms with Crippen LogP contribution < -0.4 is 0 Å². The highest BCUT2D eigenvalue weighted by atomic mass is 79.9. The van der Waals surface area contributed by atoms with Crippen LogP contribution in [0.3, 0.4) is 0 Å². The first kappa shape index (κ1) is 10.7. The predicted molar refractivity (Wildman–Crippen MR) is 59.9 cm³/mol. The van der Waals surface area contributed by atoms with Crippen molar-refractivity contribution >= 4 is 36.7 Å². The third-order valence-electron chi connectivity index (χ3n) is 1.67. The number of rotatable bonds is 2. The molecule has 0 saturated carbocycles. The van der Waals surface area contributed by atoms with Crippen molar-refractivity contribution in [3.8, 4) is 0 Å². The third kappa shape index (κ3) is 3.12. The minimum absolute atomic E-state index is 0.108. The molecule has 0 aliphatic carbocycles. The van der Waals surface area contributed by atoms with Gasteiger partial charge in [-0.15, -0.1) is 0 Å². The van der Waals surface area contributed by atoms with Gasteiger partial charge in [0.15, 0.2) is 0 Å². The summed E-state index contributed by atoms with van der Waals surface area (Å²) in [6.07, 6.45) is 0. The van der Waals surface area contributed by atoms with E-state index in [2.05, 4.69) is 31.9 Å². The standard InChI is InChI=1S/C9H9Br2NO/c1-12(9(11)13)6-7-4-2-3-5-8(7)10/h2-5H,6H2,1H3. The number of hydrogen-bond donors (Lipinski definition) is 0. The van der Waals surface area contributed by atoms with E-state index in [1.54, 1.807) is 11.9 Å². The fourth-order valence-electron chi connectivity index (χ4n) is 0.944. The molecule has 1 rings (SSSR count). The molecular formula is C9H9Br2NO. The van der Waals surface area contributed by atoms with Crippen molar-refractivity contribution in [1.29, 1.82) is 0 Å². The van der Waals surface area contributed by atoms with Crippen LogP contribution in [0.15, 0.2) is 28.7 Å². The zero-order valence-electron chi connectivity index (χ0n) is 7.13. The Labute approximate surface area is 94.2 Å². The highest BCUT2D eigenvalue weighted by Crippen LogP contribution is 2.17. The normalized spacial score (nSPS) is 9.77. The molecule has 70 valence electrons. The van der Waals surface area contributed by atoms with E-state index in [0.717, 1.165) is 10.0 Å². The predicted octanol–water partition coefficient (Wildman–Crippen LogP) is 3.40. The van der Waals surface area contributed by atoms with Crippen molar-refractivity contribution in [2.45, 2.75) is 6.54 Å². The molecule has 1 aromatic carbocycles. The van der Waals surface area contributed by atoms with Crippen molar-refractivity contribution in [3.05, 3.63) is 34.3 Å². The van der Waals surface area contributed by atoms with Crippen molar-refractivity contribution in [2.24, 2.45) is 0 Å². The topological polar surface area (TPSA) is 20.3 Å². The van der Waals surface area contributed by atoms with Crippen LogP contribution in [0, 0.1) is 0 Å². The summed E-state index contributed by atoms with van der Waals surface area (Å²) in [5.74, 6) is 0. The third-order valence-corrected chi connectivity index (χ3v) is 3.04. The lowest BCUT2D eigenvalue weighted by molar-refractivity contribution is 0.233. The molecule has 13 heavy (non-hydrogen) atoms. The number of carbonyl (C=O) groups is 1. The van der Waals surface area contributed by atoms with Crippen LogP contribution in [0.5, 0.6) is 0 Å². The van der Waals surface area contributed by atoms with Gasteiger partial charge < -0.3 is 4.90 Å². The van der Waals surface area contributed by atoms with Gasteiger partial charge in [-0.2, -0.15) is 0 Å². The molecule has 0 N–H and O–H groups in total. The molecule has 1 aromatic rings. The first-order chi connectivity index (χ1) is 6.11. The molecule has 0 spiro atoms. The number of hydrogen-bond acceptors (Lipinski definition) is 1. The fraction of sp³-hybridized carbons (Fsp3) is 0.222. The molecule has 4 heteroatoms. The molecule has 0 aromatic heterocycles. The van der Waals surface area contributed by atoms with E-state index in [9.17, 15) is 4.79 Å². The highest BCUT2D eigenvalue weighted by Gasteiger charge is 2.06. The lowest BCUT2D eigenvalue weighted by Crippen LogP contribution is -2.19. The number of carbonyl (C=O) groups excluding carboxylic acids is 1. The first-order valence-corrected chi connectivity index (χ1v) is 5.34. The number of nitrogens with zero attached hydrogens (tertiary/aromatic N) is 1. The average molecular weight is 307 g/mol. The summed E-state index contributed by atoms with van der Waals surface area (Å²) < 4.78 is 1.02. The number of halogens is 2. The Morgan fingerprint density at radius 2 is 2.08 bits per heavy atom. The number of amides is 1. The lowest BCUT2D eigenvalue weighted by Gasteiger charge is -2.14. The zero-order valence-corrected chi connectivity index (χ0v) is 10.3. The Bertz CT molecular complexity index is 314. The van der Waals surface area contributed by atoms with Crippen LogP contribution in [-0.4, -0.2) is 16.8 Å². The minimum Gasteiger partial charge on any atom is -0.332 e. The Morgan fingerprint density at radius 3 is 2.62 bits per heavy atom. The minimum atomic E-state index is -0.108. The molecule has 0 fully saturated rings. The summed E-state index contributed by atoms with van der Waals surface area (Å²) in [4.78, 5) is 12.4. The molecule has 0 aliphatic heterocycles. The van der Waals surface area contributed by atoms with Crippen LogP contribution in [0.1, 0.15) is 5.56 Å². The number of benzene rings is 1. The van der Waals surface area contributed by atoms with Gasteiger partial charge in [-0.3, -0.25) is 4.79 Å². The van der Waals surface area contributed by atoms with Crippen LogP contribution in [0.4, 0.5) is 4.79 Å². The summed E-state index contributed by atoms with van der Waals surface area (Å²) in [5, 5.41) is 0. The van der Waals surface area contributed by atoms with E-state index in [0.29, 0.717) is 6.54 Å². The summed E-state index contributed by atoms with van der Waals surface area (Å²) in [7, 11) is 1.75. The summed E-state index contributed by atoms with van der Waals surface area (Å²) in [6.45, 7) is 0.603. The second-order valence-corrected chi connectivity index (χ2v) is 4.23. The zero-order chi connectivity index (χ0) is 9.84. The smallest absolute Gasteiger partial charge is 0.289 e. The molecule has 0 bridgehead atoms. The van der Waals surface area contributed by atoms with Gasteiger partial charge in [0.2, 0.25) is 0 Å². The SMILES string of the molecule is CN(Cc1ccccc1Br)C(=O)Br. The van der Waals surface area contributed by atoms with Crippen LogP contribution in [-0.2, 0) is 6.54 Å². The van der Waals surface area contributed by atoms with Gasteiger partial charge in [0.1, 0.15) is 0 Å². The highest BCUT2D eigenvalue weighted by molar-refractivity contribution is 9.18. The van der Waals surface area contributed by atoms with Gasteiger partial charge >= 0.3 is 0 Å². The molecule has 0 saturated heterocycles. The Kier molecular flexibility index (Phi) is 3.93. The molecule has 0 aliphatic rings. The van der Waals surface area contributed by atoms with E-state index in [4.69, 9.17) is 0 Å². The maximum absolute atomic E-state index is 10.9. The molecule has 2 nitrogen and oxygen atoms in total. The maximum Gasteiger partial charge on any atom is 0.289 e. The second kappa shape index (κ2) is 4.77. The van der Waals surface area contributed by atoms with Gasteiger partial charge in [-0.25, -0.2) is 0 Å². The van der Waals surface area contributed by atoms with E-state index in [1.165, 1.54) is 0 Å². The molecule has 1 amide bonds. The lowest BCUT2D eigenvalue weighted by atomic mass is 10.2. The fourth-order valence-corrected chi connectivity index (χ4v) is 1.48. The van der Waals surface area contributed by atoms with Crippen LogP contribution in [0.2, 0.25) is 0 Å². The molecule has 0 unspecified atom stereocenters. The van der Waals surface area contributed by atoms with E-state index in [-0.39, 0.29) is 4.82 Å². The Hall–Kier alpha value is -0.350. The monoisotopic (exact) mass is 305 g/mol. The first-order valence-electron chi connectivity index (χ1n) is 3.75. The van der Waals surface area contributed by atoms with Gasteiger partial charge in [-0.1, -0.05) is 34.1 Å². The Balaban J connectivity index is 2.74. The average Bonchev–Trinajstić information content (AvgIpc) is 2.08. The summed E-state index contributed by atoms with van der Waals surface area (Å²) in [6, 6.07) is 7.84. The second-order valence-electron chi connectivity index (χ2n) is 2.70. The molecule has 0 radical (unpaired) electrons.